The van der Waals surface area contributed by atoms with Gasteiger partial charge in [0, 0.05) is 20.2 Å². The molecule has 0 aliphatic carbocycles. The number of hydrogen-bond donors (Lipinski definition) is 0. The molecule has 7 heteroatoms. The summed E-state index contributed by atoms with van der Waals surface area (Å²) in [5.41, 5.74) is 1.46. The Kier molecular flexibility index (Phi) is 3.90. The van der Waals surface area contributed by atoms with Crippen molar-refractivity contribution in [1.82, 2.24) is 14.0 Å². The van der Waals surface area contributed by atoms with E-state index in [1.165, 1.54) is 0 Å². The molecule has 2 aromatic rings. The average Bonchev–Trinajstić information content (AvgIpc) is 2.86. The molecule has 7 nitrogen and oxygen atoms in total. The number of hydrogen-bond acceptors (Lipinski definition) is 4. The highest BCUT2D eigenvalue weighted by molar-refractivity contribution is 5.81. The molecule has 128 valence electrons. The van der Waals surface area contributed by atoms with Crippen molar-refractivity contribution in [2.45, 2.75) is 25.1 Å². The highest BCUT2D eigenvalue weighted by atomic mass is 16.5. The number of morpholine rings is 1. The fourth-order valence-corrected chi connectivity index (χ4v) is 3.74. The molecular formula is C17H21N3O4. The van der Waals surface area contributed by atoms with Crippen LogP contribution >= 0.6 is 0 Å². The molecule has 2 aliphatic rings. The van der Waals surface area contributed by atoms with Gasteiger partial charge in [0.2, 0.25) is 5.91 Å². The van der Waals surface area contributed by atoms with E-state index in [0.717, 1.165) is 17.5 Å². The van der Waals surface area contributed by atoms with Crippen LogP contribution in [0.2, 0.25) is 0 Å². The Morgan fingerprint density at radius 1 is 1.25 bits per heavy atom. The summed E-state index contributed by atoms with van der Waals surface area (Å²) in [5.74, 6) is -0.0337. The lowest BCUT2D eigenvalue weighted by molar-refractivity contribution is -0.162. The first-order chi connectivity index (χ1) is 11.7. The lowest BCUT2D eigenvalue weighted by Crippen LogP contribution is -2.58. The van der Waals surface area contributed by atoms with Crippen molar-refractivity contribution in [2.75, 3.05) is 26.4 Å². The number of fused-ring (bicyclic) bond motifs is 2. The van der Waals surface area contributed by atoms with Crippen LogP contribution in [-0.2, 0) is 27.9 Å². The molecule has 2 aliphatic heterocycles. The zero-order chi connectivity index (χ0) is 16.7. The number of carbonyl (C=O) groups is 1. The van der Waals surface area contributed by atoms with Crippen LogP contribution in [0.5, 0.6) is 0 Å². The number of amides is 1. The summed E-state index contributed by atoms with van der Waals surface area (Å²) in [4.78, 5) is 27.3. The van der Waals surface area contributed by atoms with Gasteiger partial charge in [0.05, 0.1) is 30.3 Å². The number of benzene rings is 1. The lowest BCUT2D eigenvalue weighted by atomic mass is 10.0. The van der Waals surface area contributed by atoms with Gasteiger partial charge in [-0.3, -0.25) is 13.9 Å². The molecular weight excluding hydrogens is 310 g/mol. The molecule has 1 aromatic carbocycles. The minimum atomic E-state index is -0.165. The summed E-state index contributed by atoms with van der Waals surface area (Å²) in [6.45, 7) is 2.32. The van der Waals surface area contributed by atoms with Crippen molar-refractivity contribution >= 4 is 16.9 Å². The maximum Gasteiger partial charge on any atom is 0.329 e. The normalized spacial score (nSPS) is 24.1. The third-order valence-corrected chi connectivity index (χ3v) is 5.00. The molecule has 2 atom stereocenters. The van der Waals surface area contributed by atoms with Crippen molar-refractivity contribution in [3.8, 4) is 0 Å². The molecule has 4 rings (SSSR count). The molecule has 0 spiro atoms. The van der Waals surface area contributed by atoms with Crippen LogP contribution in [0.3, 0.4) is 0 Å². The van der Waals surface area contributed by atoms with Crippen molar-refractivity contribution in [1.29, 1.82) is 0 Å². The summed E-state index contributed by atoms with van der Waals surface area (Å²) < 4.78 is 14.3. The Bertz CT molecular complexity index is 823. The van der Waals surface area contributed by atoms with E-state index in [4.69, 9.17) is 9.47 Å². The quantitative estimate of drug-likeness (QED) is 0.797. The second kappa shape index (κ2) is 6.07. The number of aryl methyl sites for hydroxylation is 1. The first-order valence-corrected chi connectivity index (χ1v) is 8.30. The molecule has 1 amide bonds. The van der Waals surface area contributed by atoms with Gasteiger partial charge in [-0.1, -0.05) is 12.1 Å². The van der Waals surface area contributed by atoms with Crippen molar-refractivity contribution in [3.05, 3.63) is 34.7 Å². The summed E-state index contributed by atoms with van der Waals surface area (Å²) in [7, 11) is 1.73. The molecule has 0 saturated carbocycles. The van der Waals surface area contributed by atoms with Crippen molar-refractivity contribution in [3.63, 3.8) is 0 Å². The van der Waals surface area contributed by atoms with Gasteiger partial charge in [-0.15, -0.1) is 0 Å². The molecule has 1 aromatic heterocycles. The molecule has 0 unspecified atom stereocenters. The first kappa shape index (κ1) is 15.4. The van der Waals surface area contributed by atoms with Gasteiger partial charge in [-0.05, 0) is 18.6 Å². The van der Waals surface area contributed by atoms with Gasteiger partial charge in [-0.2, -0.15) is 0 Å². The third kappa shape index (κ3) is 2.44. The Balaban J connectivity index is 1.62. The van der Waals surface area contributed by atoms with Gasteiger partial charge >= 0.3 is 5.69 Å². The summed E-state index contributed by atoms with van der Waals surface area (Å²) in [6, 6.07) is 7.58. The van der Waals surface area contributed by atoms with Crippen LogP contribution in [0.1, 0.15) is 6.42 Å². The largest absolute Gasteiger partial charge is 0.379 e. The van der Waals surface area contributed by atoms with E-state index in [2.05, 4.69) is 0 Å². The molecule has 3 heterocycles. The maximum atomic E-state index is 12.9. The molecule has 0 bridgehead atoms. The monoisotopic (exact) mass is 331 g/mol. The van der Waals surface area contributed by atoms with E-state index in [-0.39, 0.29) is 30.3 Å². The molecule has 0 radical (unpaired) electrons. The number of rotatable bonds is 2. The van der Waals surface area contributed by atoms with E-state index >= 15 is 0 Å². The molecule has 2 saturated heterocycles. The van der Waals surface area contributed by atoms with Crippen LogP contribution in [0.25, 0.3) is 11.0 Å². The topological polar surface area (TPSA) is 65.7 Å². The van der Waals surface area contributed by atoms with Crippen LogP contribution < -0.4 is 5.69 Å². The second-order valence-corrected chi connectivity index (χ2v) is 6.34. The number of imidazole rings is 1. The van der Waals surface area contributed by atoms with E-state index in [9.17, 15) is 9.59 Å². The zero-order valence-corrected chi connectivity index (χ0v) is 13.7. The van der Waals surface area contributed by atoms with Crippen LogP contribution in [-0.4, -0.2) is 58.5 Å². The third-order valence-electron chi connectivity index (χ3n) is 5.00. The Hall–Kier alpha value is -2.12. The van der Waals surface area contributed by atoms with Crippen molar-refractivity contribution < 1.29 is 14.3 Å². The summed E-state index contributed by atoms with van der Waals surface area (Å²) in [5, 5.41) is 0. The minimum Gasteiger partial charge on any atom is -0.379 e. The number of para-hydroxylation sites is 2. The van der Waals surface area contributed by atoms with Gasteiger partial charge in [0.1, 0.15) is 12.6 Å². The average molecular weight is 331 g/mol. The van der Waals surface area contributed by atoms with Crippen molar-refractivity contribution in [2.24, 2.45) is 7.05 Å². The van der Waals surface area contributed by atoms with Gasteiger partial charge < -0.3 is 14.4 Å². The van der Waals surface area contributed by atoms with Crippen LogP contribution in [0.4, 0.5) is 0 Å². The predicted molar refractivity (Wildman–Crippen MR) is 87.9 cm³/mol. The van der Waals surface area contributed by atoms with E-state index in [0.29, 0.717) is 26.4 Å². The van der Waals surface area contributed by atoms with E-state index in [1.54, 1.807) is 16.2 Å². The minimum absolute atomic E-state index is 0.0337. The summed E-state index contributed by atoms with van der Waals surface area (Å²) in [6.07, 6.45) is 0.724. The zero-order valence-electron chi connectivity index (χ0n) is 13.7. The maximum absolute atomic E-state index is 12.9. The van der Waals surface area contributed by atoms with Gasteiger partial charge in [-0.25, -0.2) is 4.79 Å². The highest BCUT2D eigenvalue weighted by Gasteiger charge is 2.37. The Morgan fingerprint density at radius 2 is 2.04 bits per heavy atom. The van der Waals surface area contributed by atoms with Gasteiger partial charge in [0.25, 0.3) is 0 Å². The lowest BCUT2D eigenvalue weighted by Gasteiger charge is -2.43. The predicted octanol–water partition coefficient (Wildman–Crippen LogP) is 0.356. The summed E-state index contributed by atoms with van der Waals surface area (Å²) >= 11 is 0. The smallest absolute Gasteiger partial charge is 0.329 e. The van der Waals surface area contributed by atoms with Gasteiger partial charge in [0.15, 0.2) is 0 Å². The number of nitrogens with zero attached hydrogens (tertiary/aromatic N) is 3. The number of aromatic nitrogens is 2. The number of ether oxygens (including phenoxy) is 2. The molecule has 24 heavy (non-hydrogen) atoms. The standard InChI is InChI=1S/C17H21N3O4/c1-18-12-4-2-3-5-13(12)20(17(18)22)10-16(21)19-7-9-24-15-11-23-8-6-14(15)19/h2-5,14-15H,6-11H2,1H3/t14-,15+/m0/s1. The molecule has 0 N–H and O–H groups in total. The fraction of sp³-hybridized carbons (Fsp3) is 0.529. The highest BCUT2D eigenvalue weighted by Crippen LogP contribution is 2.22. The first-order valence-electron chi connectivity index (χ1n) is 8.30. The second-order valence-electron chi connectivity index (χ2n) is 6.34. The van der Waals surface area contributed by atoms with E-state index < -0.39 is 0 Å². The Morgan fingerprint density at radius 3 is 2.88 bits per heavy atom. The molecule has 2 fully saturated rings. The SMILES string of the molecule is Cn1c(=O)n(CC(=O)N2CCO[C@@H]3COCC[C@@H]32)c2ccccc21. The number of carbonyl (C=O) groups excluding carboxylic acids is 1. The Labute approximate surface area is 139 Å². The van der Waals surface area contributed by atoms with Crippen LogP contribution in [0, 0.1) is 0 Å². The fourth-order valence-electron chi connectivity index (χ4n) is 3.74. The van der Waals surface area contributed by atoms with Crippen LogP contribution in [0.15, 0.2) is 29.1 Å². The van der Waals surface area contributed by atoms with E-state index in [1.807, 2.05) is 29.2 Å².